The number of hydrogen-bond donors (Lipinski definition) is 0. The van der Waals surface area contributed by atoms with Crippen molar-refractivity contribution in [2.24, 2.45) is 0 Å². The molecule has 4 rings (SSSR count). The van der Waals surface area contributed by atoms with E-state index < -0.39 is 26.6 Å². The molecule has 0 bridgehead atoms. The molecule has 4 aliphatic rings. The van der Waals surface area contributed by atoms with Crippen LogP contribution in [0.4, 0.5) is 0 Å². The van der Waals surface area contributed by atoms with E-state index in [1.807, 2.05) is 11.1 Å². The zero-order chi connectivity index (χ0) is 15.1. The molecule has 0 radical (unpaired) electrons. The van der Waals surface area contributed by atoms with Crippen LogP contribution in [0.25, 0.3) is 0 Å². The Morgan fingerprint density at radius 2 is 1.17 bits per heavy atom. The Morgan fingerprint density at radius 1 is 0.750 bits per heavy atom. The molecule has 0 nitrogen and oxygen atoms in total. The first-order valence-corrected chi connectivity index (χ1v) is 22.7. The first kappa shape index (κ1) is 20.9. The van der Waals surface area contributed by atoms with Gasteiger partial charge in [-0.25, -0.2) is 0 Å². The topological polar surface area (TPSA) is 0 Å². The smallest absolute Gasteiger partial charge is 0.147 e. The van der Waals surface area contributed by atoms with Gasteiger partial charge in [-0.3, -0.25) is 0 Å². The largest absolute Gasteiger partial charge is 0.147 e. The van der Waals surface area contributed by atoms with Gasteiger partial charge in [0.2, 0.25) is 0 Å². The summed E-state index contributed by atoms with van der Waals surface area (Å²) in [6, 6.07) is 0. The molecule has 2 unspecified atom stereocenters. The molecule has 0 amide bonds. The van der Waals surface area contributed by atoms with Crippen molar-refractivity contribution in [1.82, 2.24) is 0 Å². The standard InChI is InChI=1S/2C9H11.C2H7Si.2ClH.Hf/c2*1-2-5-9-7-3-6-8(9)4-1;1-3-2;;;/h2*3,6-7H,1-2,4-5H2;3H,1-2H3;2*1H;. The summed E-state index contributed by atoms with van der Waals surface area (Å²) in [6.07, 6.45) is 21.9. The van der Waals surface area contributed by atoms with Crippen LogP contribution in [0.15, 0.2) is 46.6 Å². The van der Waals surface area contributed by atoms with Crippen LogP contribution in [0.5, 0.6) is 0 Å². The van der Waals surface area contributed by atoms with Crippen LogP contribution in [-0.4, -0.2) is 5.98 Å². The maximum absolute atomic E-state index is 2.69. The summed E-state index contributed by atoms with van der Waals surface area (Å²) < 4.78 is 1.99. The van der Waals surface area contributed by atoms with Crippen molar-refractivity contribution in [1.29, 1.82) is 0 Å². The van der Waals surface area contributed by atoms with Gasteiger partial charge in [0.1, 0.15) is 0 Å². The maximum atomic E-state index is 2.69. The molecule has 2 atom stereocenters. The monoisotopic (exact) mass is 549 g/mol. The van der Waals surface area contributed by atoms with Crippen molar-refractivity contribution in [3.8, 4) is 0 Å². The molecule has 4 heteroatoms. The van der Waals surface area contributed by atoms with E-state index in [2.05, 4.69) is 37.4 Å². The summed E-state index contributed by atoms with van der Waals surface area (Å²) >= 11 is -1.64. The van der Waals surface area contributed by atoms with Gasteiger partial charge in [0, 0.05) is 0 Å². The Hall–Kier alpha value is 0.627. The molecule has 133 valence electrons. The van der Waals surface area contributed by atoms with Gasteiger partial charge >= 0.3 is 145 Å². The summed E-state index contributed by atoms with van der Waals surface area (Å²) in [4.78, 5) is 0. The van der Waals surface area contributed by atoms with E-state index >= 15 is 0 Å². The molecule has 0 saturated heterocycles. The van der Waals surface area contributed by atoms with Crippen LogP contribution in [0, 0.1) is 0 Å². The molecule has 0 aromatic rings. The van der Waals surface area contributed by atoms with Gasteiger partial charge in [0.25, 0.3) is 0 Å². The summed E-state index contributed by atoms with van der Waals surface area (Å²) in [6.45, 7) is 5.37. The molecule has 0 heterocycles. The van der Waals surface area contributed by atoms with E-state index in [4.69, 9.17) is 0 Å². The quantitative estimate of drug-likeness (QED) is 0.337. The molecule has 0 N–H and O–H groups in total. The summed E-state index contributed by atoms with van der Waals surface area (Å²) in [5.41, 5.74) is 7.42. The van der Waals surface area contributed by atoms with Crippen molar-refractivity contribution in [3.05, 3.63) is 46.6 Å². The Bertz CT molecular complexity index is 540. The molecule has 0 aromatic heterocycles. The van der Waals surface area contributed by atoms with Crippen LogP contribution in [-0.2, 0) is 20.6 Å². The van der Waals surface area contributed by atoms with Crippen molar-refractivity contribution < 1.29 is 20.6 Å². The Labute approximate surface area is 168 Å². The van der Waals surface area contributed by atoms with E-state index in [1.165, 1.54) is 51.4 Å². The second kappa shape index (κ2) is 9.02. The molecule has 0 spiro atoms. The van der Waals surface area contributed by atoms with E-state index in [9.17, 15) is 0 Å². The predicted octanol–water partition coefficient (Wildman–Crippen LogP) is 6.89. The minimum Gasteiger partial charge on any atom is -0.147 e. The molecule has 24 heavy (non-hydrogen) atoms. The first-order chi connectivity index (χ1) is 10.8. The fourth-order valence-electron chi connectivity index (χ4n) is 5.19. The summed E-state index contributed by atoms with van der Waals surface area (Å²) in [5.74, 6) is -0.483. The molecular formula is C20H31Cl2HfSi. The van der Waals surface area contributed by atoms with E-state index in [0.29, 0.717) is 0 Å². The maximum Gasteiger partial charge on any atom is -0.147 e. The van der Waals surface area contributed by atoms with Gasteiger partial charge < -0.3 is 0 Å². The summed E-state index contributed by atoms with van der Waals surface area (Å²) in [5, 5.41) is 0. The molecule has 0 saturated carbocycles. The third-order valence-electron chi connectivity index (χ3n) is 6.22. The molecular weight excluding hydrogens is 518 g/mol. The third kappa shape index (κ3) is 3.82. The molecule has 0 aliphatic heterocycles. The van der Waals surface area contributed by atoms with Crippen LogP contribution in [0.1, 0.15) is 51.4 Å². The van der Waals surface area contributed by atoms with Crippen LogP contribution in [0.3, 0.4) is 0 Å². The van der Waals surface area contributed by atoms with Crippen molar-refractivity contribution in [3.63, 3.8) is 0 Å². The fourth-order valence-corrected chi connectivity index (χ4v) is 36.2. The van der Waals surface area contributed by atoms with Crippen molar-refractivity contribution >= 4 is 30.8 Å². The Kier molecular flexibility index (Phi) is 7.86. The van der Waals surface area contributed by atoms with E-state index in [-0.39, 0.29) is 24.8 Å². The molecule has 4 aliphatic carbocycles. The first-order valence-electron chi connectivity index (χ1n) is 9.42. The Balaban J connectivity index is 0.00000104. The predicted molar refractivity (Wildman–Crippen MR) is 110 cm³/mol. The minimum atomic E-state index is -1.64. The van der Waals surface area contributed by atoms with Crippen LogP contribution >= 0.6 is 24.8 Å². The van der Waals surface area contributed by atoms with Gasteiger partial charge in [-0.15, -0.1) is 24.8 Å². The van der Waals surface area contributed by atoms with E-state index in [1.54, 1.807) is 11.1 Å². The number of rotatable bonds is 3. The number of halogens is 2. The molecule has 0 fully saturated rings. The zero-order valence-electron chi connectivity index (χ0n) is 15.0. The Morgan fingerprint density at radius 3 is 1.58 bits per heavy atom. The van der Waals surface area contributed by atoms with Gasteiger partial charge in [-0.1, -0.05) is 0 Å². The summed E-state index contributed by atoms with van der Waals surface area (Å²) in [7, 11) is 0. The fraction of sp³-hybridized carbons (Fsp3) is 0.600. The molecule has 0 aromatic carbocycles. The van der Waals surface area contributed by atoms with Crippen LogP contribution < -0.4 is 0 Å². The SMILES string of the molecule is C[SiH](C)[Hf]([CH]1C=CC2=C1CCCC2)[CH]1C=CC2=C1CCCC2.Cl.Cl. The minimum absolute atomic E-state index is 0. The van der Waals surface area contributed by atoms with Gasteiger partial charge in [0.05, 0.1) is 0 Å². The van der Waals surface area contributed by atoms with Gasteiger partial charge in [-0.2, -0.15) is 0 Å². The second-order valence-corrected chi connectivity index (χ2v) is 36.1. The van der Waals surface area contributed by atoms with Gasteiger partial charge in [0.15, 0.2) is 0 Å². The van der Waals surface area contributed by atoms with Gasteiger partial charge in [-0.05, 0) is 0 Å². The van der Waals surface area contributed by atoms with Crippen molar-refractivity contribution in [2.75, 3.05) is 0 Å². The second-order valence-electron chi connectivity index (χ2n) is 7.84. The van der Waals surface area contributed by atoms with E-state index in [0.717, 1.165) is 7.35 Å². The number of hydrogen-bond acceptors (Lipinski definition) is 0. The van der Waals surface area contributed by atoms with Crippen molar-refractivity contribution in [2.45, 2.75) is 71.8 Å². The van der Waals surface area contributed by atoms with Crippen LogP contribution in [0.2, 0.25) is 20.4 Å². The third-order valence-corrected chi connectivity index (χ3v) is 36.9. The normalized spacial score (nSPS) is 27.8. The number of allylic oxidation sites excluding steroid dienone is 8. The average molecular weight is 549 g/mol. The zero-order valence-corrected chi connectivity index (χ0v) is 21.4. The average Bonchev–Trinajstić information content (AvgIpc) is 3.13.